The number of hydrogen-bond acceptors (Lipinski definition) is 2. The van der Waals surface area contributed by atoms with Crippen LogP contribution in [0, 0.1) is 5.41 Å². The van der Waals surface area contributed by atoms with Crippen LogP contribution in [0.5, 0.6) is 0 Å². The van der Waals surface area contributed by atoms with Gasteiger partial charge in [0.05, 0.1) is 6.54 Å². The van der Waals surface area contributed by atoms with Gasteiger partial charge >= 0.3 is 6.18 Å². The molecule has 1 nitrogen and oxygen atoms in total. The molecular formula is C14H26F3NS. The van der Waals surface area contributed by atoms with Crippen molar-refractivity contribution >= 4 is 12.6 Å². The van der Waals surface area contributed by atoms with Crippen LogP contribution < -0.4 is 0 Å². The molecule has 0 aromatic carbocycles. The first-order valence-electron chi connectivity index (χ1n) is 7.27. The fourth-order valence-electron chi connectivity index (χ4n) is 2.97. The fourth-order valence-corrected chi connectivity index (χ4v) is 3.38. The van der Waals surface area contributed by atoms with Crippen molar-refractivity contribution in [2.24, 2.45) is 5.41 Å². The molecule has 0 amide bonds. The van der Waals surface area contributed by atoms with Gasteiger partial charge in [-0.15, -0.1) is 0 Å². The van der Waals surface area contributed by atoms with Crippen LogP contribution in [-0.4, -0.2) is 36.0 Å². The highest BCUT2D eigenvalue weighted by atomic mass is 32.1. The first-order chi connectivity index (χ1) is 8.86. The van der Waals surface area contributed by atoms with E-state index in [1.807, 2.05) is 0 Å². The Morgan fingerprint density at radius 2 is 1.58 bits per heavy atom. The van der Waals surface area contributed by atoms with E-state index < -0.39 is 12.7 Å². The van der Waals surface area contributed by atoms with Crippen LogP contribution >= 0.6 is 12.6 Å². The van der Waals surface area contributed by atoms with Crippen molar-refractivity contribution in [2.45, 2.75) is 64.6 Å². The van der Waals surface area contributed by atoms with Crippen LogP contribution in [0.1, 0.15) is 52.4 Å². The molecule has 0 heterocycles. The van der Waals surface area contributed by atoms with E-state index in [0.717, 1.165) is 38.5 Å². The van der Waals surface area contributed by atoms with Crippen LogP contribution in [0.25, 0.3) is 0 Å². The molecule has 0 N–H and O–H groups in total. The first-order valence-corrected chi connectivity index (χ1v) is 7.90. The van der Waals surface area contributed by atoms with Crippen LogP contribution in [0.2, 0.25) is 0 Å². The molecule has 0 bridgehead atoms. The molecule has 0 saturated heterocycles. The summed E-state index contributed by atoms with van der Waals surface area (Å²) >= 11 is 4.44. The lowest BCUT2D eigenvalue weighted by Crippen LogP contribution is -2.44. The van der Waals surface area contributed by atoms with Gasteiger partial charge in [0.15, 0.2) is 0 Å². The van der Waals surface area contributed by atoms with Gasteiger partial charge in [-0.25, -0.2) is 0 Å². The number of thiol groups is 1. The third-order valence-corrected chi connectivity index (χ3v) is 4.55. The Morgan fingerprint density at radius 1 is 1.05 bits per heavy atom. The van der Waals surface area contributed by atoms with Gasteiger partial charge in [-0.05, 0) is 36.9 Å². The quantitative estimate of drug-likeness (QED) is 0.612. The zero-order valence-corrected chi connectivity index (χ0v) is 12.9. The third kappa shape index (κ3) is 5.94. The Morgan fingerprint density at radius 3 is 1.89 bits per heavy atom. The SMILES string of the molecule is CCCC(CS)(CCC)CN(CC(F)(F)F)C1CC1. The van der Waals surface area contributed by atoms with Crippen LogP contribution in [0.4, 0.5) is 13.2 Å². The lowest BCUT2D eigenvalue weighted by molar-refractivity contribution is -0.150. The molecule has 0 spiro atoms. The number of halogens is 3. The average Bonchev–Trinajstić information content (AvgIpc) is 3.10. The van der Waals surface area contributed by atoms with E-state index in [1.165, 1.54) is 0 Å². The van der Waals surface area contributed by atoms with Gasteiger partial charge < -0.3 is 0 Å². The molecule has 1 rings (SSSR count). The average molecular weight is 297 g/mol. The fraction of sp³-hybridized carbons (Fsp3) is 1.00. The monoisotopic (exact) mass is 297 g/mol. The first kappa shape index (κ1) is 17.2. The molecule has 0 aliphatic heterocycles. The van der Waals surface area contributed by atoms with Gasteiger partial charge in [-0.1, -0.05) is 26.7 Å². The summed E-state index contributed by atoms with van der Waals surface area (Å²) in [5, 5.41) is 0. The van der Waals surface area contributed by atoms with Crippen LogP contribution in [0.15, 0.2) is 0 Å². The minimum absolute atomic E-state index is 0.0551. The Balaban J connectivity index is 2.71. The summed E-state index contributed by atoms with van der Waals surface area (Å²) in [6, 6.07) is 0.148. The summed E-state index contributed by atoms with van der Waals surface area (Å²) in [7, 11) is 0. The minimum Gasteiger partial charge on any atom is -0.291 e. The number of alkyl halides is 3. The maximum absolute atomic E-state index is 12.7. The Labute approximate surface area is 120 Å². The Hall–Kier alpha value is 0.100. The zero-order chi connectivity index (χ0) is 14.5. The highest BCUT2D eigenvalue weighted by molar-refractivity contribution is 7.80. The molecule has 1 saturated carbocycles. The summed E-state index contributed by atoms with van der Waals surface area (Å²) in [5.41, 5.74) is -0.0551. The van der Waals surface area contributed by atoms with Gasteiger partial charge in [-0.2, -0.15) is 25.8 Å². The molecule has 0 aromatic heterocycles. The number of rotatable bonds is 9. The second-order valence-corrected chi connectivity index (χ2v) is 6.23. The smallest absolute Gasteiger partial charge is 0.291 e. The minimum atomic E-state index is -4.09. The van der Waals surface area contributed by atoms with Crippen molar-refractivity contribution in [3.05, 3.63) is 0 Å². The van der Waals surface area contributed by atoms with E-state index in [2.05, 4.69) is 26.5 Å². The molecule has 0 radical (unpaired) electrons. The van der Waals surface area contributed by atoms with Gasteiger partial charge in [0, 0.05) is 12.6 Å². The van der Waals surface area contributed by atoms with E-state index in [4.69, 9.17) is 0 Å². The van der Waals surface area contributed by atoms with Gasteiger partial charge in [0.1, 0.15) is 0 Å². The van der Waals surface area contributed by atoms with Gasteiger partial charge in [-0.3, -0.25) is 4.90 Å². The summed E-state index contributed by atoms with van der Waals surface area (Å²) in [6.45, 7) is 3.97. The highest BCUT2D eigenvalue weighted by Crippen LogP contribution is 2.38. The van der Waals surface area contributed by atoms with Crippen molar-refractivity contribution in [2.75, 3.05) is 18.8 Å². The number of nitrogens with zero attached hydrogens (tertiary/aromatic N) is 1. The van der Waals surface area contributed by atoms with E-state index in [0.29, 0.717) is 12.3 Å². The lowest BCUT2D eigenvalue weighted by Gasteiger charge is -2.38. The molecule has 1 aliphatic carbocycles. The third-order valence-electron chi connectivity index (χ3n) is 3.88. The van der Waals surface area contributed by atoms with Crippen molar-refractivity contribution in [3.8, 4) is 0 Å². The second kappa shape index (κ2) is 7.21. The van der Waals surface area contributed by atoms with Crippen molar-refractivity contribution < 1.29 is 13.2 Å². The van der Waals surface area contributed by atoms with Gasteiger partial charge in [0.25, 0.3) is 0 Å². The number of hydrogen-bond donors (Lipinski definition) is 1. The molecule has 0 atom stereocenters. The van der Waals surface area contributed by atoms with Crippen molar-refractivity contribution in [3.63, 3.8) is 0 Å². The molecule has 1 fully saturated rings. The maximum atomic E-state index is 12.7. The topological polar surface area (TPSA) is 3.24 Å². The van der Waals surface area contributed by atoms with Crippen molar-refractivity contribution in [1.29, 1.82) is 0 Å². The normalized spacial score (nSPS) is 17.2. The predicted octanol–water partition coefficient (Wildman–Crippen LogP) is 4.53. The summed E-state index contributed by atoms with van der Waals surface area (Å²) in [6.07, 6.45) is 1.67. The van der Waals surface area contributed by atoms with E-state index >= 15 is 0 Å². The largest absolute Gasteiger partial charge is 0.401 e. The second-order valence-electron chi connectivity index (χ2n) is 5.91. The lowest BCUT2D eigenvalue weighted by atomic mass is 9.80. The maximum Gasteiger partial charge on any atom is 0.401 e. The van der Waals surface area contributed by atoms with E-state index in [-0.39, 0.29) is 11.5 Å². The molecule has 19 heavy (non-hydrogen) atoms. The molecule has 0 aromatic rings. The van der Waals surface area contributed by atoms with Gasteiger partial charge in [0.2, 0.25) is 0 Å². The molecule has 114 valence electrons. The molecule has 0 unspecified atom stereocenters. The highest BCUT2D eigenvalue weighted by Gasteiger charge is 2.41. The van der Waals surface area contributed by atoms with Crippen LogP contribution in [-0.2, 0) is 0 Å². The summed E-state index contributed by atoms with van der Waals surface area (Å²) in [5.74, 6) is 0.676. The standard InChI is InChI=1S/C14H26F3NS/c1-3-7-13(11-19,8-4-2)9-18(12-5-6-12)10-14(15,16)17/h12,19H,3-11H2,1-2H3. The summed E-state index contributed by atoms with van der Waals surface area (Å²) < 4.78 is 38.1. The molecule has 5 heteroatoms. The van der Waals surface area contributed by atoms with Crippen LogP contribution in [0.3, 0.4) is 0 Å². The zero-order valence-electron chi connectivity index (χ0n) is 12.0. The van der Waals surface area contributed by atoms with E-state index in [9.17, 15) is 13.2 Å². The molecule has 1 aliphatic rings. The van der Waals surface area contributed by atoms with E-state index in [1.54, 1.807) is 4.90 Å². The van der Waals surface area contributed by atoms with Crippen molar-refractivity contribution in [1.82, 2.24) is 4.90 Å². The Bertz CT molecular complexity index is 258. The molecular weight excluding hydrogens is 271 g/mol. The predicted molar refractivity (Wildman–Crippen MR) is 76.8 cm³/mol. The Kier molecular flexibility index (Phi) is 6.51. The summed E-state index contributed by atoms with van der Waals surface area (Å²) in [4.78, 5) is 1.65.